The van der Waals surface area contributed by atoms with E-state index in [1.807, 2.05) is 41.5 Å². The minimum absolute atomic E-state index is 0.212. The maximum atomic E-state index is 12.5. The van der Waals surface area contributed by atoms with Crippen LogP contribution in [-0.4, -0.2) is 43.3 Å². The van der Waals surface area contributed by atoms with Crippen LogP contribution < -0.4 is 10.6 Å². The Morgan fingerprint density at radius 2 is 1.27 bits per heavy atom. The van der Waals surface area contributed by atoms with Crippen molar-refractivity contribution in [3.63, 3.8) is 0 Å². The van der Waals surface area contributed by atoms with Gasteiger partial charge in [0.25, 0.3) is 0 Å². The molecular weight excluding hydrogens is 336 g/mol. The van der Waals surface area contributed by atoms with Crippen molar-refractivity contribution in [2.45, 2.75) is 79.3 Å². The van der Waals surface area contributed by atoms with E-state index in [-0.39, 0.29) is 18.4 Å². The van der Waals surface area contributed by atoms with Gasteiger partial charge >= 0.3 is 12.1 Å². The molecule has 0 aromatic carbocycles. The lowest BCUT2D eigenvalue weighted by Crippen LogP contribution is -2.52. The van der Waals surface area contributed by atoms with Gasteiger partial charge in [0.2, 0.25) is 5.91 Å². The van der Waals surface area contributed by atoms with E-state index in [2.05, 4.69) is 10.6 Å². The molecule has 152 valence electrons. The monoisotopic (exact) mass is 372 g/mol. The molecular formula is C19H36N2O5. The third-order valence-electron chi connectivity index (χ3n) is 3.47. The summed E-state index contributed by atoms with van der Waals surface area (Å²) in [4.78, 5) is 36.6. The van der Waals surface area contributed by atoms with Gasteiger partial charge in [0, 0.05) is 0 Å². The first-order valence-electron chi connectivity index (χ1n) is 9.61. The summed E-state index contributed by atoms with van der Waals surface area (Å²) < 4.78 is 10.3. The molecule has 0 aromatic rings. The van der Waals surface area contributed by atoms with E-state index >= 15 is 0 Å². The van der Waals surface area contributed by atoms with E-state index < -0.39 is 30.1 Å². The lowest BCUT2D eigenvalue weighted by Gasteiger charge is -2.22. The Kier molecular flexibility index (Phi) is 12.5. The quantitative estimate of drug-likeness (QED) is 0.514. The number of esters is 1. The molecule has 2 unspecified atom stereocenters. The van der Waals surface area contributed by atoms with Crippen molar-refractivity contribution >= 4 is 18.0 Å². The molecule has 0 rings (SSSR count). The number of hydrogen-bond acceptors (Lipinski definition) is 5. The van der Waals surface area contributed by atoms with E-state index in [9.17, 15) is 14.4 Å². The molecule has 0 aliphatic heterocycles. The summed E-state index contributed by atoms with van der Waals surface area (Å²) in [6, 6.07) is -1.45. The Morgan fingerprint density at radius 1 is 0.769 bits per heavy atom. The Hall–Kier alpha value is -1.79. The number of rotatable bonds is 12. The van der Waals surface area contributed by atoms with Gasteiger partial charge in [-0.2, -0.15) is 0 Å². The number of carbonyl (C=O) groups excluding carboxylic acids is 3. The van der Waals surface area contributed by atoms with Crippen molar-refractivity contribution in [1.82, 2.24) is 10.6 Å². The molecule has 0 fully saturated rings. The van der Waals surface area contributed by atoms with Crippen LogP contribution in [0.5, 0.6) is 0 Å². The van der Waals surface area contributed by atoms with Crippen LogP contribution in [0.1, 0.15) is 67.2 Å². The molecule has 2 atom stereocenters. The van der Waals surface area contributed by atoms with Crippen LogP contribution in [0.4, 0.5) is 4.79 Å². The van der Waals surface area contributed by atoms with Crippen molar-refractivity contribution in [1.29, 1.82) is 0 Å². The van der Waals surface area contributed by atoms with E-state index in [1.54, 1.807) is 0 Å². The molecule has 0 saturated carbocycles. The average Bonchev–Trinajstić information content (AvgIpc) is 2.56. The summed E-state index contributed by atoms with van der Waals surface area (Å²) in [6.07, 6.45) is 1.76. The molecule has 0 saturated heterocycles. The van der Waals surface area contributed by atoms with Gasteiger partial charge in [0.1, 0.15) is 12.1 Å². The summed E-state index contributed by atoms with van der Waals surface area (Å²) in [5, 5.41) is 5.30. The molecule has 0 heterocycles. The Balaban J connectivity index is 4.79. The van der Waals surface area contributed by atoms with Crippen LogP contribution in [0.2, 0.25) is 0 Å². The third kappa shape index (κ3) is 10.9. The Morgan fingerprint density at radius 3 is 1.77 bits per heavy atom. The standard InChI is InChI=1S/C19H36N2O5/c1-7-9-15(21-19(24)26-12-14(5)6)17(22)20-16(10-8-2)18(23)25-11-13(3)4/h13-16H,7-12H2,1-6H3,(H,20,22)(H,21,24). The maximum absolute atomic E-state index is 12.5. The summed E-state index contributed by atoms with van der Waals surface area (Å²) in [7, 11) is 0. The lowest BCUT2D eigenvalue weighted by molar-refractivity contribution is -0.149. The van der Waals surface area contributed by atoms with Crippen LogP contribution in [-0.2, 0) is 19.1 Å². The molecule has 7 heteroatoms. The summed E-state index contributed by atoms with van der Waals surface area (Å²) in [5.74, 6) is -0.397. The van der Waals surface area contributed by atoms with Gasteiger partial charge in [-0.15, -0.1) is 0 Å². The zero-order valence-corrected chi connectivity index (χ0v) is 17.1. The second-order valence-electron chi connectivity index (χ2n) is 7.35. The highest BCUT2D eigenvalue weighted by molar-refractivity contribution is 5.89. The van der Waals surface area contributed by atoms with Gasteiger partial charge in [0.05, 0.1) is 13.2 Å². The normalized spacial score (nSPS) is 13.2. The first-order chi connectivity index (χ1) is 12.2. The second-order valence-corrected chi connectivity index (χ2v) is 7.35. The highest BCUT2D eigenvalue weighted by atomic mass is 16.5. The summed E-state index contributed by atoms with van der Waals surface area (Å²) in [6.45, 7) is 12.2. The second kappa shape index (κ2) is 13.4. The first kappa shape index (κ1) is 24.2. The molecule has 26 heavy (non-hydrogen) atoms. The fourth-order valence-electron chi connectivity index (χ4n) is 2.14. The molecule has 0 aliphatic carbocycles. The highest BCUT2D eigenvalue weighted by Crippen LogP contribution is 2.05. The highest BCUT2D eigenvalue weighted by Gasteiger charge is 2.27. The van der Waals surface area contributed by atoms with Crippen molar-refractivity contribution < 1.29 is 23.9 Å². The largest absolute Gasteiger partial charge is 0.464 e. The maximum Gasteiger partial charge on any atom is 0.407 e. The molecule has 2 amide bonds. The fraction of sp³-hybridized carbons (Fsp3) is 0.842. The Labute approximate surface area is 157 Å². The number of nitrogens with one attached hydrogen (secondary N) is 2. The van der Waals surface area contributed by atoms with Crippen molar-refractivity contribution in [2.75, 3.05) is 13.2 Å². The zero-order valence-electron chi connectivity index (χ0n) is 17.1. The van der Waals surface area contributed by atoms with Crippen molar-refractivity contribution in [3.8, 4) is 0 Å². The van der Waals surface area contributed by atoms with Crippen LogP contribution in [0.3, 0.4) is 0 Å². The number of ether oxygens (including phenoxy) is 2. The average molecular weight is 373 g/mol. The van der Waals surface area contributed by atoms with Gasteiger partial charge in [-0.3, -0.25) is 4.79 Å². The number of hydrogen-bond donors (Lipinski definition) is 2. The van der Waals surface area contributed by atoms with Gasteiger partial charge < -0.3 is 20.1 Å². The van der Waals surface area contributed by atoms with Gasteiger partial charge in [-0.1, -0.05) is 54.4 Å². The predicted molar refractivity (Wildman–Crippen MR) is 101 cm³/mol. The topological polar surface area (TPSA) is 93.7 Å². The predicted octanol–water partition coefficient (Wildman–Crippen LogP) is 3.02. The van der Waals surface area contributed by atoms with Crippen molar-refractivity contribution in [2.24, 2.45) is 11.8 Å². The third-order valence-corrected chi connectivity index (χ3v) is 3.47. The lowest BCUT2D eigenvalue weighted by atomic mass is 10.1. The summed E-state index contributed by atoms with van der Waals surface area (Å²) in [5.41, 5.74) is 0. The van der Waals surface area contributed by atoms with Crippen LogP contribution in [0.15, 0.2) is 0 Å². The molecule has 7 nitrogen and oxygen atoms in total. The van der Waals surface area contributed by atoms with Crippen LogP contribution in [0.25, 0.3) is 0 Å². The van der Waals surface area contributed by atoms with E-state index in [4.69, 9.17) is 9.47 Å². The minimum Gasteiger partial charge on any atom is -0.464 e. The number of alkyl carbamates (subject to hydrolysis) is 1. The van der Waals surface area contributed by atoms with Gasteiger partial charge in [-0.25, -0.2) is 9.59 Å². The van der Waals surface area contributed by atoms with Crippen LogP contribution in [0, 0.1) is 11.8 Å². The number of amides is 2. The van der Waals surface area contributed by atoms with E-state index in [0.717, 1.165) is 6.42 Å². The molecule has 0 radical (unpaired) electrons. The van der Waals surface area contributed by atoms with Gasteiger partial charge in [0.15, 0.2) is 0 Å². The van der Waals surface area contributed by atoms with Crippen LogP contribution >= 0.6 is 0 Å². The smallest absolute Gasteiger partial charge is 0.407 e. The Bertz CT molecular complexity index is 438. The molecule has 2 N–H and O–H groups in total. The zero-order chi connectivity index (χ0) is 20.1. The SMILES string of the molecule is CCCC(NC(=O)OCC(C)C)C(=O)NC(CCC)C(=O)OCC(C)C. The first-order valence-corrected chi connectivity index (χ1v) is 9.61. The van der Waals surface area contributed by atoms with E-state index in [0.29, 0.717) is 25.9 Å². The number of carbonyl (C=O) groups is 3. The molecule has 0 aliphatic rings. The molecule has 0 spiro atoms. The van der Waals surface area contributed by atoms with Crippen molar-refractivity contribution in [3.05, 3.63) is 0 Å². The van der Waals surface area contributed by atoms with Gasteiger partial charge in [-0.05, 0) is 24.7 Å². The molecule has 0 aromatic heterocycles. The van der Waals surface area contributed by atoms with E-state index in [1.165, 1.54) is 0 Å². The molecule has 0 bridgehead atoms. The summed E-state index contributed by atoms with van der Waals surface area (Å²) >= 11 is 0. The minimum atomic E-state index is -0.739. The fourth-order valence-corrected chi connectivity index (χ4v) is 2.14.